The molecule has 0 spiro atoms. The molecule has 0 radical (unpaired) electrons. The standard InChI is InChI=1S/C20H30O4/c1-24-15-7-5-12-20(23)13-11-18(22)19(20)17-10-3-2-8-16(17)9-4-6-14-21/h2-3,8,10-11,13,18-19,21-23H,4-7,9,12,14-15H2,1H3/t18-,19+,20-/m1/s1. The van der Waals surface area contributed by atoms with Crippen LogP contribution in [0, 0.1) is 0 Å². The van der Waals surface area contributed by atoms with E-state index in [0.717, 1.165) is 43.2 Å². The van der Waals surface area contributed by atoms with Crippen LogP contribution in [0.2, 0.25) is 0 Å². The van der Waals surface area contributed by atoms with Crippen molar-refractivity contribution < 1.29 is 20.1 Å². The Morgan fingerprint density at radius 2 is 1.92 bits per heavy atom. The monoisotopic (exact) mass is 334 g/mol. The van der Waals surface area contributed by atoms with Crippen molar-refractivity contribution in [1.29, 1.82) is 0 Å². The van der Waals surface area contributed by atoms with Crippen molar-refractivity contribution in [1.82, 2.24) is 0 Å². The van der Waals surface area contributed by atoms with Gasteiger partial charge in [-0.25, -0.2) is 0 Å². The van der Waals surface area contributed by atoms with Gasteiger partial charge in [-0.05, 0) is 49.7 Å². The molecule has 0 saturated heterocycles. The lowest BCUT2D eigenvalue weighted by Crippen LogP contribution is -2.36. The Morgan fingerprint density at radius 3 is 2.67 bits per heavy atom. The number of hydrogen-bond acceptors (Lipinski definition) is 4. The maximum atomic E-state index is 11.1. The first-order chi connectivity index (χ1) is 11.6. The van der Waals surface area contributed by atoms with Crippen LogP contribution in [0.25, 0.3) is 0 Å². The van der Waals surface area contributed by atoms with E-state index in [1.807, 2.05) is 18.2 Å². The molecular formula is C20H30O4. The normalized spacial score (nSPS) is 26.2. The second-order valence-electron chi connectivity index (χ2n) is 6.65. The van der Waals surface area contributed by atoms with Crippen LogP contribution >= 0.6 is 0 Å². The molecule has 1 aliphatic rings. The van der Waals surface area contributed by atoms with Crippen molar-refractivity contribution in [3.63, 3.8) is 0 Å². The summed E-state index contributed by atoms with van der Waals surface area (Å²) in [6.07, 6.45) is 7.68. The van der Waals surface area contributed by atoms with Crippen molar-refractivity contribution >= 4 is 0 Å². The topological polar surface area (TPSA) is 69.9 Å². The van der Waals surface area contributed by atoms with Gasteiger partial charge in [-0.2, -0.15) is 0 Å². The first-order valence-corrected chi connectivity index (χ1v) is 8.90. The molecule has 1 aromatic rings. The van der Waals surface area contributed by atoms with Crippen LogP contribution < -0.4 is 0 Å². The lowest BCUT2D eigenvalue weighted by molar-refractivity contribution is 0.0216. The highest BCUT2D eigenvalue weighted by Gasteiger charge is 2.43. The van der Waals surface area contributed by atoms with E-state index in [0.29, 0.717) is 13.0 Å². The van der Waals surface area contributed by atoms with Crippen LogP contribution in [0.5, 0.6) is 0 Å². The van der Waals surface area contributed by atoms with Gasteiger partial charge in [-0.15, -0.1) is 0 Å². The summed E-state index contributed by atoms with van der Waals surface area (Å²) in [7, 11) is 1.68. The lowest BCUT2D eigenvalue weighted by Gasteiger charge is -2.33. The van der Waals surface area contributed by atoms with Crippen LogP contribution in [-0.4, -0.2) is 47.3 Å². The van der Waals surface area contributed by atoms with E-state index in [2.05, 4.69) is 6.07 Å². The molecule has 0 saturated carbocycles. The van der Waals surface area contributed by atoms with Crippen molar-refractivity contribution in [3.8, 4) is 0 Å². The van der Waals surface area contributed by atoms with E-state index in [1.54, 1.807) is 19.3 Å². The predicted molar refractivity (Wildman–Crippen MR) is 95.0 cm³/mol. The minimum atomic E-state index is -1.01. The van der Waals surface area contributed by atoms with Gasteiger partial charge in [0.15, 0.2) is 0 Å². The van der Waals surface area contributed by atoms with Crippen LogP contribution in [-0.2, 0) is 11.2 Å². The van der Waals surface area contributed by atoms with Gasteiger partial charge in [0.05, 0.1) is 11.7 Å². The van der Waals surface area contributed by atoms with Gasteiger partial charge in [-0.1, -0.05) is 36.4 Å². The van der Waals surface area contributed by atoms with E-state index >= 15 is 0 Å². The number of unbranched alkanes of at least 4 members (excludes halogenated alkanes) is 2. The summed E-state index contributed by atoms with van der Waals surface area (Å²) in [6, 6.07) is 8.02. The molecule has 2 rings (SSSR count). The maximum absolute atomic E-state index is 11.1. The summed E-state index contributed by atoms with van der Waals surface area (Å²) in [5, 5.41) is 30.6. The molecule has 1 aliphatic carbocycles. The zero-order valence-corrected chi connectivity index (χ0v) is 14.5. The van der Waals surface area contributed by atoms with E-state index in [9.17, 15) is 10.2 Å². The quantitative estimate of drug-likeness (QED) is 0.454. The van der Waals surface area contributed by atoms with E-state index in [-0.39, 0.29) is 12.5 Å². The number of rotatable bonds is 10. The number of benzene rings is 1. The average Bonchev–Trinajstić information content (AvgIpc) is 2.88. The number of aliphatic hydroxyl groups is 3. The van der Waals surface area contributed by atoms with Crippen LogP contribution in [0.4, 0.5) is 0 Å². The molecule has 134 valence electrons. The maximum Gasteiger partial charge on any atom is 0.0925 e. The number of aryl methyl sites for hydroxylation is 1. The number of ether oxygens (including phenoxy) is 1. The summed E-state index contributed by atoms with van der Waals surface area (Å²) in [6.45, 7) is 0.879. The summed E-state index contributed by atoms with van der Waals surface area (Å²) < 4.78 is 5.08. The summed E-state index contributed by atoms with van der Waals surface area (Å²) in [5.74, 6) is -0.328. The molecule has 0 aliphatic heterocycles. The van der Waals surface area contributed by atoms with Crippen molar-refractivity contribution in [2.45, 2.75) is 56.1 Å². The molecule has 0 aromatic heterocycles. The van der Waals surface area contributed by atoms with Crippen LogP contribution in [0.1, 0.15) is 49.1 Å². The zero-order valence-electron chi connectivity index (χ0n) is 14.5. The highest BCUT2D eigenvalue weighted by molar-refractivity contribution is 5.39. The van der Waals surface area contributed by atoms with Crippen molar-refractivity contribution in [3.05, 3.63) is 47.5 Å². The summed E-state index contributed by atoms with van der Waals surface area (Å²) >= 11 is 0. The Labute approximate surface area is 144 Å². The predicted octanol–water partition coefficient (Wildman–Crippen LogP) is 2.56. The Balaban J connectivity index is 2.15. The number of hydrogen-bond donors (Lipinski definition) is 3. The first-order valence-electron chi connectivity index (χ1n) is 8.90. The Hall–Kier alpha value is -1.20. The van der Waals surface area contributed by atoms with Crippen molar-refractivity contribution in [2.75, 3.05) is 20.3 Å². The molecule has 4 heteroatoms. The summed E-state index contributed by atoms with van der Waals surface area (Å²) in [4.78, 5) is 0. The third-order valence-electron chi connectivity index (χ3n) is 4.88. The average molecular weight is 334 g/mol. The minimum Gasteiger partial charge on any atom is -0.396 e. The Bertz CT molecular complexity index is 528. The second kappa shape index (κ2) is 9.33. The smallest absolute Gasteiger partial charge is 0.0925 e. The van der Waals surface area contributed by atoms with Gasteiger partial charge in [0.25, 0.3) is 0 Å². The Kier molecular flexibility index (Phi) is 7.43. The third-order valence-corrected chi connectivity index (χ3v) is 4.88. The molecule has 0 unspecified atom stereocenters. The second-order valence-corrected chi connectivity index (χ2v) is 6.65. The van der Waals surface area contributed by atoms with E-state index in [1.165, 1.54) is 0 Å². The number of aliphatic hydroxyl groups excluding tert-OH is 2. The molecule has 0 amide bonds. The van der Waals surface area contributed by atoms with Gasteiger partial charge in [-0.3, -0.25) is 0 Å². The molecule has 0 fully saturated rings. The first kappa shape index (κ1) is 19.1. The lowest BCUT2D eigenvalue weighted by atomic mass is 9.78. The fourth-order valence-electron chi connectivity index (χ4n) is 3.61. The Morgan fingerprint density at radius 1 is 1.12 bits per heavy atom. The fraction of sp³-hybridized carbons (Fsp3) is 0.600. The molecular weight excluding hydrogens is 304 g/mol. The van der Waals surface area contributed by atoms with Gasteiger partial charge in [0.2, 0.25) is 0 Å². The fourth-order valence-corrected chi connectivity index (χ4v) is 3.61. The molecule has 4 nitrogen and oxygen atoms in total. The third kappa shape index (κ3) is 4.67. The molecule has 0 heterocycles. The van der Waals surface area contributed by atoms with Gasteiger partial charge >= 0.3 is 0 Å². The largest absolute Gasteiger partial charge is 0.396 e. The summed E-state index contributed by atoms with van der Waals surface area (Å²) in [5.41, 5.74) is 1.15. The highest BCUT2D eigenvalue weighted by Crippen LogP contribution is 2.42. The van der Waals surface area contributed by atoms with Crippen molar-refractivity contribution in [2.24, 2.45) is 0 Å². The molecule has 1 aromatic carbocycles. The SMILES string of the molecule is COCCCC[C@@]1(O)C=C[C@@H](O)[C@@H]1c1ccccc1CCCCO. The van der Waals surface area contributed by atoms with Gasteiger partial charge in [0, 0.05) is 26.2 Å². The number of methoxy groups -OCH3 is 1. The highest BCUT2D eigenvalue weighted by atomic mass is 16.5. The molecule has 3 atom stereocenters. The zero-order chi connectivity index (χ0) is 17.4. The van der Waals surface area contributed by atoms with Crippen LogP contribution in [0.15, 0.2) is 36.4 Å². The molecule has 0 bridgehead atoms. The molecule has 3 N–H and O–H groups in total. The van der Waals surface area contributed by atoms with E-state index in [4.69, 9.17) is 9.84 Å². The van der Waals surface area contributed by atoms with Gasteiger partial charge in [0.1, 0.15) is 0 Å². The van der Waals surface area contributed by atoms with E-state index < -0.39 is 11.7 Å². The molecule has 24 heavy (non-hydrogen) atoms. The minimum absolute atomic E-state index is 0.194. The van der Waals surface area contributed by atoms with Crippen LogP contribution in [0.3, 0.4) is 0 Å². The van der Waals surface area contributed by atoms with Gasteiger partial charge < -0.3 is 20.1 Å².